The molecule has 2 amide bonds. The number of pyridine rings is 1. The summed E-state index contributed by atoms with van der Waals surface area (Å²) in [4.78, 5) is 41.4. The van der Waals surface area contributed by atoms with Crippen molar-refractivity contribution >= 4 is 77.2 Å². The number of hydrogen-bond donors (Lipinski definition) is 2. The van der Waals surface area contributed by atoms with Gasteiger partial charge in [-0.05, 0) is 74.4 Å². The number of amides is 2. The van der Waals surface area contributed by atoms with Gasteiger partial charge in [-0.25, -0.2) is 19.3 Å². The first-order valence-corrected chi connectivity index (χ1v) is 12.9. The second-order valence-electron chi connectivity index (χ2n) is 9.56. The minimum Gasteiger partial charge on any atom is -0.383 e. The Morgan fingerprint density at radius 3 is 2.83 bits per heavy atom. The summed E-state index contributed by atoms with van der Waals surface area (Å²) in [5.74, 6) is -0.359. The molecule has 0 spiro atoms. The molecular weight excluding hydrogens is 597 g/mol. The minimum absolute atomic E-state index is 0.0325. The number of nitrogen functional groups attached to an aromatic ring is 1. The molecule has 0 bridgehead atoms. The number of piperidine rings is 1. The van der Waals surface area contributed by atoms with E-state index in [1.807, 2.05) is 0 Å². The van der Waals surface area contributed by atoms with Crippen LogP contribution in [0.3, 0.4) is 0 Å². The smallest absolute Gasteiger partial charge is 0.248 e. The lowest BCUT2D eigenvalue weighted by Gasteiger charge is -2.27. The van der Waals surface area contributed by atoms with E-state index in [1.54, 1.807) is 33.7 Å². The second-order valence-corrected chi connectivity index (χ2v) is 11.2. The predicted octanol–water partition coefficient (Wildman–Crippen LogP) is 4.24. The van der Waals surface area contributed by atoms with Gasteiger partial charge in [-0.15, -0.1) is 0 Å². The van der Waals surface area contributed by atoms with E-state index in [0.717, 1.165) is 6.42 Å². The van der Waals surface area contributed by atoms with Crippen LogP contribution in [0.25, 0.3) is 21.9 Å². The maximum atomic E-state index is 14.5. The zero-order valence-corrected chi connectivity index (χ0v) is 22.2. The maximum Gasteiger partial charge on any atom is 0.248 e. The third kappa shape index (κ3) is 3.65. The molecule has 4 aromatic rings. The Labute approximate surface area is 221 Å². The highest BCUT2D eigenvalue weighted by atomic mass is 79.9. The third-order valence-electron chi connectivity index (χ3n) is 7.20. The normalized spacial score (nSPS) is 22.7. The van der Waals surface area contributed by atoms with Crippen LogP contribution in [0, 0.1) is 11.2 Å². The molecule has 9 nitrogen and oxygen atoms in total. The molecule has 6 rings (SSSR count). The monoisotopic (exact) mass is 615 g/mol. The van der Waals surface area contributed by atoms with Crippen molar-refractivity contribution in [3.05, 3.63) is 51.6 Å². The quantitative estimate of drug-likeness (QED) is 0.331. The molecule has 1 saturated carbocycles. The molecule has 36 heavy (non-hydrogen) atoms. The summed E-state index contributed by atoms with van der Waals surface area (Å²) < 4.78 is 17.0. The van der Waals surface area contributed by atoms with E-state index in [1.165, 1.54) is 12.4 Å². The van der Waals surface area contributed by atoms with Crippen molar-refractivity contribution in [2.75, 3.05) is 11.1 Å². The number of nitrogens with two attached hydrogens (primary N) is 1. The number of rotatable bonds is 4. The lowest BCUT2D eigenvalue weighted by Crippen LogP contribution is -2.46. The molecule has 1 saturated heterocycles. The lowest BCUT2D eigenvalue weighted by molar-refractivity contribution is -0.138. The number of aromatic nitrogens is 4. The zero-order valence-electron chi connectivity index (χ0n) is 19.0. The van der Waals surface area contributed by atoms with Gasteiger partial charge in [0.15, 0.2) is 0 Å². The molecule has 1 aliphatic heterocycles. The highest BCUT2D eigenvalue weighted by molar-refractivity contribution is 9.10. The van der Waals surface area contributed by atoms with Gasteiger partial charge in [0.25, 0.3) is 0 Å². The molecule has 3 N–H and O–H groups in total. The zero-order chi connectivity index (χ0) is 25.4. The summed E-state index contributed by atoms with van der Waals surface area (Å²) in [5, 5.41) is 4.02. The number of nitrogens with zero attached hydrogens (tertiary/aromatic N) is 5. The van der Waals surface area contributed by atoms with E-state index in [2.05, 4.69) is 59.1 Å². The summed E-state index contributed by atoms with van der Waals surface area (Å²) in [6.45, 7) is 1.97. The van der Waals surface area contributed by atoms with Gasteiger partial charge in [-0.2, -0.15) is 0 Å². The fourth-order valence-corrected chi connectivity index (χ4v) is 6.04. The summed E-state index contributed by atoms with van der Waals surface area (Å²) in [6, 6.07) is 7.53. The van der Waals surface area contributed by atoms with Gasteiger partial charge in [-0.1, -0.05) is 13.0 Å². The molecule has 2 aliphatic rings. The molecule has 0 unspecified atom stereocenters. The molecule has 3 atom stereocenters. The SMILES string of the molecule is C[C@@]12C[C@@H](C(=O)Nc3cccc(Br)n3)N(C(=O)Cn3c4cc(F)c(Br)cc4c4c(N)ncnc43)[C@@H]1C2. The Morgan fingerprint density at radius 2 is 2.06 bits per heavy atom. The van der Waals surface area contributed by atoms with E-state index in [9.17, 15) is 14.0 Å². The molecule has 0 radical (unpaired) electrons. The van der Waals surface area contributed by atoms with Crippen LogP contribution in [0.5, 0.6) is 0 Å². The van der Waals surface area contributed by atoms with Crippen LogP contribution in [-0.4, -0.2) is 48.3 Å². The number of fused-ring (bicyclic) bond motifs is 4. The van der Waals surface area contributed by atoms with Crippen molar-refractivity contribution in [3.63, 3.8) is 0 Å². The van der Waals surface area contributed by atoms with Gasteiger partial charge in [0, 0.05) is 11.4 Å². The summed E-state index contributed by atoms with van der Waals surface area (Å²) >= 11 is 6.53. The third-order valence-corrected chi connectivity index (χ3v) is 8.25. The average Bonchev–Trinajstić information content (AvgIpc) is 3.25. The fourth-order valence-electron chi connectivity index (χ4n) is 5.35. The fraction of sp³-hybridized carbons (Fsp3) is 0.292. The number of likely N-dealkylation sites (tertiary alicyclic amines) is 1. The van der Waals surface area contributed by atoms with Crippen LogP contribution in [0.2, 0.25) is 0 Å². The molecule has 4 heterocycles. The van der Waals surface area contributed by atoms with Crippen molar-refractivity contribution in [1.82, 2.24) is 24.4 Å². The summed E-state index contributed by atoms with van der Waals surface area (Å²) in [5.41, 5.74) is 6.94. The van der Waals surface area contributed by atoms with E-state index in [0.29, 0.717) is 38.8 Å². The highest BCUT2D eigenvalue weighted by Gasteiger charge is 2.64. The van der Waals surface area contributed by atoms with Crippen molar-refractivity contribution in [2.24, 2.45) is 5.41 Å². The Kier molecular flexibility index (Phi) is 5.31. The largest absolute Gasteiger partial charge is 0.383 e. The molecule has 12 heteroatoms. The van der Waals surface area contributed by atoms with Gasteiger partial charge >= 0.3 is 0 Å². The van der Waals surface area contributed by atoms with Crippen LogP contribution in [0.15, 0.2) is 45.7 Å². The van der Waals surface area contributed by atoms with Crippen molar-refractivity contribution in [1.29, 1.82) is 0 Å². The molecule has 184 valence electrons. The Hall–Kier alpha value is -3.12. The lowest BCUT2D eigenvalue weighted by atomic mass is 10.0. The van der Waals surface area contributed by atoms with E-state index >= 15 is 0 Å². The topological polar surface area (TPSA) is 119 Å². The number of halogens is 3. The summed E-state index contributed by atoms with van der Waals surface area (Å²) in [7, 11) is 0. The van der Waals surface area contributed by atoms with Crippen LogP contribution in [0.4, 0.5) is 16.0 Å². The first kappa shape index (κ1) is 23.3. The van der Waals surface area contributed by atoms with Gasteiger partial charge in [0.2, 0.25) is 11.8 Å². The van der Waals surface area contributed by atoms with E-state index in [-0.39, 0.29) is 40.1 Å². The number of benzene rings is 1. The van der Waals surface area contributed by atoms with Crippen LogP contribution >= 0.6 is 31.9 Å². The number of hydrogen-bond acceptors (Lipinski definition) is 6. The van der Waals surface area contributed by atoms with Gasteiger partial charge in [-0.3, -0.25) is 9.59 Å². The number of carbonyl (C=O) groups is 2. The number of carbonyl (C=O) groups excluding carboxylic acids is 2. The molecule has 2 fully saturated rings. The van der Waals surface area contributed by atoms with Crippen LogP contribution < -0.4 is 11.1 Å². The average molecular weight is 617 g/mol. The molecule has 3 aromatic heterocycles. The van der Waals surface area contributed by atoms with Gasteiger partial charge < -0.3 is 20.5 Å². The minimum atomic E-state index is -0.638. The Bertz CT molecular complexity index is 1590. The number of nitrogens with one attached hydrogen (secondary N) is 1. The number of anilines is 2. The second kappa shape index (κ2) is 8.20. The van der Waals surface area contributed by atoms with Gasteiger partial charge in [0.05, 0.1) is 15.4 Å². The van der Waals surface area contributed by atoms with Crippen LogP contribution in [-0.2, 0) is 16.1 Å². The summed E-state index contributed by atoms with van der Waals surface area (Å²) in [6.07, 6.45) is 2.71. The first-order valence-electron chi connectivity index (χ1n) is 11.3. The van der Waals surface area contributed by atoms with E-state index < -0.39 is 11.9 Å². The molecule has 1 aliphatic carbocycles. The Balaban J connectivity index is 1.36. The van der Waals surface area contributed by atoms with Gasteiger partial charge in [0.1, 0.15) is 46.6 Å². The standard InChI is InChI=1S/C24H20Br2FN7O2/c1-24-7-15(23(36)32-18-4-2-3-17(26)31-18)34(16(24)8-24)19(35)9-33-14-6-13(27)12(25)5-11(14)20-21(28)29-10-30-22(20)33/h2-6,10,15-16H,7-9H2,1H3,(H2,28,29,30)(H,31,32,36)/t15-,16+,24-/m0/s1. The van der Waals surface area contributed by atoms with Crippen molar-refractivity contribution < 1.29 is 14.0 Å². The van der Waals surface area contributed by atoms with Crippen molar-refractivity contribution in [3.8, 4) is 0 Å². The molecule has 1 aromatic carbocycles. The highest BCUT2D eigenvalue weighted by Crippen LogP contribution is 2.59. The first-order chi connectivity index (χ1) is 17.2. The molecular formula is C24H20Br2FN7O2. The van der Waals surface area contributed by atoms with Crippen LogP contribution in [0.1, 0.15) is 19.8 Å². The van der Waals surface area contributed by atoms with E-state index in [4.69, 9.17) is 5.73 Å². The maximum absolute atomic E-state index is 14.5. The van der Waals surface area contributed by atoms with Crippen molar-refractivity contribution in [2.45, 2.75) is 38.4 Å². The predicted molar refractivity (Wildman–Crippen MR) is 139 cm³/mol. The Morgan fingerprint density at radius 1 is 1.25 bits per heavy atom.